The number of nitrogens with zero attached hydrogens (tertiary/aromatic N) is 2. The molecule has 4 aromatic carbocycles. The SMILES string of the molecule is O=C(Nc1ccc(-n2cnc3ccccc32)cc1)c1cccc(CS(=O)(=O)c2ccccc2)c1. The maximum atomic E-state index is 12.8. The molecule has 0 bridgehead atoms. The molecule has 0 aliphatic carbocycles. The molecule has 1 N–H and O–H groups in total. The average molecular weight is 468 g/mol. The van der Waals surface area contributed by atoms with E-state index in [1.165, 1.54) is 0 Å². The summed E-state index contributed by atoms with van der Waals surface area (Å²) in [6.45, 7) is 0. The standard InChI is InChI=1S/C27H21N3O3S/c31-27(21-8-6-7-20(17-21)18-34(32,33)24-9-2-1-3-10-24)29-22-13-15-23(16-14-22)30-19-28-25-11-4-5-12-26(25)30/h1-17,19H,18H2,(H,29,31). The quantitative estimate of drug-likeness (QED) is 0.370. The number of rotatable bonds is 6. The molecule has 5 rings (SSSR count). The molecule has 0 saturated carbocycles. The van der Waals surface area contributed by atoms with Crippen LogP contribution in [0.15, 0.2) is 114 Å². The molecule has 0 spiro atoms. The second-order valence-electron chi connectivity index (χ2n) is 7.88. The largest absolute Gasteiger partial charge is 0.322 e. The molecule has 0 atom stereocenters. The fourth-order valence-electron chi connectivity index (χ4n) is 3.81. The fourth-order valence-corrected chi connectivity index (χ4v) is 5.16. The lowest BCUT2D eigenvalue weighted by Crippen LogP contribution is -2.13. The van der Waals surface area contributed by atoms with Crippen molar-refractivity contribution in [3.05, 3.63) is 121 Å². The first-order valence-corrected chi connectivity index (χ1v) is 12.4. The van der Waals surface area contributed by atoms with E-state index in [2.05, 4.69) is 10.3 Å². The highest BCUT2D eigenvalue weighted by atomic mass is 32.2. The zero-order chi connectivity index (χ0) is 23.5. The van der Waals surface area contributed by atoms with E-state index in [0.29, 0.717) is 16.8 Å². The molecule has 0 fully saturated rings. The van der Waals surface area contributed by atoms with E-state index in [0.717, 1.165) is 16.7 Å². The van der Waals surface area contributed by atoms with Gasteiger partial charge in [0.05, 0.1) is 21.7 Å². The molecule has 168 valence electrons. The third kappa shape index (κ3) is 4.46. The van der Waals surface area contributed by atoms with Gasteiger partial charge in [-0.2, -0.15) is 0 Å². The van der Waals surface area contributed by atoms with Crippen molar-refractivity contribution in [3.63, 3.8) is 0 Å². The second kappa shape index (κ2) is 8.96. The van der Waals surface area contributed by atoms with Gasteiger partial charge in [-0.05, 0) is 66.2 Å². The summed E-state index contributed by atoms with van der Waals surface area (Å²) in [6, 6.07) is 30.3. The summed E-state index contributed by atoms with van der Waals surface area (Å²) < 4.78 is 27.3. The Morgan fingerprint density at radius 3 is 2.35 bits per heavy atom. The van der Waals surface area contributed by atoms with Crippen LogP contribution in [-0.2, 0) is 15.6 Å². The van der Waals surface area contributed by atoms with Crippen molar-refractivity contribution in [2.24, 2.45) is 0 Å². The average Bonchev–Trinajstić information content (AvgIpc) is 3.29. The Labute approximate surface area is 197 Å². The Hall–Kier alpha value is -4.23. The third-order valence-electron chi connectivity index (χ3n) is 5.51. The van der Waals surface area contributed by atoms with Gasteiger partial charge in [0.2, 0.25) is 0 Å². The summed E-state index contributed by atoms with van der Waals surface area (Å²) in [5.41, 5.74) is 4.43. The smallest absolute Gasteiger partial charge is 0.255 e. The Morgan fingerprint density at radius 2 is 1.56 bits per heavy atom. The number of para-hydroxylation sites is 2. The van der Waals surface area contributed by atoms with Crippen LogP contribution < -0.4 is 5.32 Å². The Kier molecular flexibility index (Phi) is 5.69. The van der Waals surface area contributed by atoms with Gasteiger partial charge in [0.25, 0.3) is 5.91 Å². The summed E-state index contributed by atoms with van der Waals surface area (Å²) >= 11 is 0. The van der Waals surface area contributed by atoms with Gasteiger partial charge in [0, 0.05) is 16.9 Å². The van der Waals surface area contributed by atoms with Crippen LogP contribution in [0.3, 0.4) is 0 Å². The van der Waals surface area contributed by atoms with E-state index in [1.807, 2.05) is 53.1 Å². The molecule has 6 nitrogen and oxygen atoms in total. The summed E-state index contributed by atoms with van der Waals surface area (Å²) in [4.78, 5) is 17.5. The molecule has 0 saturated heterocycles. The number of fused-ring (bicyclic) bond motifs is 1. The molecule has 0 radical (unpaired) electrons. The van der Waals surface area contributed by atoms with Gasteiger partial charge in [-0.1, -0.05) is 42.5 Å². The van der Waals surface area contributed by atoms with Gasteiger partial charge in [-0.25, -0.2) is 13.4 Å². The van der Waals surface area contributed by atoms with Crippen LogP contribution in [0.25, 0.3) is 16.7 Å². The van der Waals surface area contributed by atoms with E-state index in [4.69, 9.17) is 0 Å². The number of carbonyl (C=O) groups excluding carboxylic acids is 1. The van der Waals surface area contributed by atoms with Crippen LogP contribution >= 0.6 is 0 Å². The number of hydrogen-bond acceptors (Lipinski definition) is 4. The summed E-state index contributed by atoms with van der Waals surface area (Å²) in [5.74, 6) is -0.481. The highest BCUT2D eigenvalue weighted by Crippen LogP contribution is 2.21. The van der Waals surface area contributed by atoms with Crippen LogP contribution in [0.2, 0.25) is 0 Å². The van der Waals surface area contributed by atoms with Crippen LogP contribution in [-0.4, -0.2) is 23.9 Å². The molecule has 0 aliphatic rings. The van der Waals surface area contributed by atoms with Crippen molar-refractivity contribution in [2.75, 3.05) is 5.32 Å². The van der Waals surface area contributed by atoms with E-state index in [9.17, 15) is 13.2 Å². The molecule has 1 aromatic heterocycles. The van der Waals surface area contributed by atoms with Gasteiger partial charge in [0.1, 0.15) is 6.33 Å². The summed E-state index contributed by atoms with van der Waals surface area (Å²) in [5, 5.41) is 2.88. The van der Waals surface area contributed by atoms with Gasteiger partial charge < -0.3 is 5.32 Å². The molecule has 0 unspecified atom stereocenters. The number of nitrogens with one attached hydrogen (secondary N) is 1. The monoisotopic (exact) mass is 467 g/mol. The number of imidazole rings is 1. The number of carbonyl (C=O) groups is 1. The van der Waals surface area contributed by atoms with Gasteiger partial charge in [-0.3, -0.25) is 9.36 Å². The maximum absolute atomic E-state index is 12.8. The first-order valence-electron chi connectivity index (χ1n) is 10.7. The Bertz CT molecular complexity index is 1570. The van der Waals surface area contributed by atoms with Crippen LogP contribution in [0, 0.1) is 0 Å². The van der Waals surface area contributed by atoms with Crippen molar-refractivity contribution in [2.45, 2.75) is 10.6 Å². The molecular weight excluding hydrogens is 446 g/mol. The van der Waals surface area contributed by atoms with Crippen molar-refractivity contribution in [3.8, 4) is 5.69 Å². The lowest BCUT2D eigenvalue weighted by Gasteiger charge is -2.09. The maximum Gasteiger partial charge on any atom is 0.255 e. The van der Waals surface area contributed by atoms with Crippen LogP contribution in [0.4, 0.5) is 5.69 Å². The van der Waals surface area contributed by atoms with E-state index in [1.54, 1.807) is 60.9 Å². The molecule has 0 aliphatic heterocycles. The molecule has 1 heterocycles. The number of sulfone groups is 1. The van der Waals surface area contributed by atoms with E-state index in [-0.39, 0.29) is 16.6 Å². The highest BCUT2D eigenvalue weighted by Gasteiger charge is 2.16. The van der Waals surface area contributed by atoms with Gasteiger partial charge in [-0.15, -0.1) is 0 Å². The number of amides is 1. The van der Waals surface area contributed by atoms with Crippen molar-refractivity contribution in [1.29, 1.82) is 0 Å². The molecular formula is C27H21N3O3S. The Morgan fingerprint density at radius 1 is 0.824 bits per heavy atom. The number of anilines is 1. The normalized spacial score (nSPS) is 11.4. The number of hydrogen-bond donors (Lipinski definition) is 1. The third-order valence-corrected chi connectivity index (χ3v) is 7.21. The summed E-state index contributed by atoms with van der Waals surface area (Å²) in [6.07, 6.45) is 1.77. The first kappa shape index (κ1) is 21.6. The minimum absolute atomic E-state index is 0.175. The second-order valence-corrected chi connectivity index (χ2v) is 9.87. The molecule has 5 aromatic rings. The Balaban J connectivity index is 1.31. The topological polar surface area (TPSA) is 81.1 Å². The lowest BCUT2D eigenvalue weighted by molar-refractivity contribution is 0.102. The zero-order valence-corrected chi connectivity index (χ0v) is 18.9. The number of benzene rings is 4. The predicted molar refractivity (Wildman–Crippen MR) is 133 cm³/mol. The molecule has 34 heavy (non-hydrogen) atoms. The molecule has 1 amide bonds. The van der Waals surface area contributed by atoms with Gasteiger partial charge >= 0.3 is 0 Å². The van der Waals surface area contributed by atoms with Crippen LogP contribution in [0.1, 0.15) is 15.9 Å². The highest BCUT2D eigenvalue weighted by molar-refractivity contribution is 7.90. The van der Waals surface area contributed by atoms with E-state index < -0.39 is 9.84 Å². The van der Waals surface area contributed by atoms with E-state index >= 15 is 0 Å². The van der Waals surface area contributed by atoms with Gasteiger partial charge in [0.15, 0.2) is 9.84 Å². The van der Waals surface area contributed by atoms with Crippen molar-refractivity contribution in [1.82, 2.24) is 9.55 Å². The number of aromatic nitrogens is 2. The summed E-state index contributed by atoms with van der Waals surface area (Å²) in [7, 11) is -3.50. The van der Waals surface area contributed by atoms with Crippen molar-refractivity contribution >= 4 is 32.5 Å². The fraction of sp³-hybridized carbons (Fsp3) is 0.0370. The minimum atomic E-state index is -3.50. The first-order chi connectivity index (χ1) is 16.5. The molecule has 7 heteroatoms. The predicted octanol–water partition coefficient (Wildman–Crippen LogP) is 5.25. The minimum Gasteiger partial charge on any atom is -0.322 e. The van der Waals surface area contributed by atoms with Crippen molar-refractivity contribution < 1.29 is 13.2 Å². The lowest BCUT2D eigenvalue weighted by atomic mass is 10.1. The zero-order valence-electron chi connectivity index (χ0n) is 18.1. The van der Waals surface area contributed by atoms with Crippen LogP contribution in [0.5, 0.6) is 0 Å².